The molecule has 0 aliphatic carbocycles. The molecule has 6 nitrogen and oxygen atoms in total. The maximum atomic E-state index is 12.7. The van der Waals surface area contributed by atoms with E-state index in [1.54, 1.807) is 12.1 Å². The van der Waals surface area contributed by atoms with Crippen molar-refractivity contribution in [1.29, 1.82) is 0 Å². The van der Waals surface area contributed by atoms with Gasteiger partial charge in [0.25, 0.3) is 5.91 Å². The number of unbranched alkanes of at least 4 members (excludes halogenated alkanes) is 1. The van der Waals surface area contributed by atoms with Crippen LogP contribution in [0.3, 0.4) is 0 Å². The van der Waals surface area contributed by atoms with Crippen molar-refractivity contribution in [2.24, 2.45) is 0 Å². The summed E-state index contributed by atoms with van der Waals surface area (Å²) in [4.78, 5) is 15.3. The van der Waals surface area contributed by atoms with Crippen LogP contribution in [-0.2, 0) is 10.0 Å². The quantitative estimate of drug-likeness (QED) is 0.593. The molecule has 0 unspecified atom stereocenters. The molecule has 0 saturated carbocycles. The number of nitrogens with one attached hydrogen (secondary N) is 1. The van der Waals surface area contributed by atoms with Crippen LogP contribution in [0.5, 0.6) is 0 Å². The Hall–Kier alpha value is -0.710. The first-order chi connectivity index (χ1) is 12.3. The lowest BCUT2D eigenvalue weighted by molar-refractivity contribution is 0.0909. The van der Waals surface area contributed by atoms with Gasteiger partial charge in [-0.1, -0.05) is 13.3 Å². The van der Waals surface area contributed by atoms with Crippen LogP contribution in [0.15, 0.2) is 23.1 Å². The van der Waals surface area contributed by atoms with Gasteiger partial charge in [-0.25, -0.2) is 12.7 Å². The van der Waals surface area contributed by atoms with E-state index in [0.717, 1.165) is 40.4 Å². The molecule has 1 aliphatic rings. The number of nitrogens with zero attached hydrogens (tertiary/aromatic N) is 2. The number of carbonyl (C=O) groups excluding carboxylic acids is 1. The summed E-state index contributed by atoms with van der Waals surface area (Å²) < 4.78 is 26.5. The molecule has 1 heterocycles. The fourth-order valence-electron chi connectivity index (χ4n) is 3.00. The molecule has 0 atom stereocenters. The molecule has 8 heteroatoms. The van der Waals surface area contributed by atoms with Gasteiger partial charge in [0.05, 0.1) is 10.5 Å². The third-order valence-electron chi connectivity index (χ3n) is 4.71. The van der Waals surface area contributed by atoms with Gasteiger partial charge in [0.1, 0.15) is 0 Å². The molecule has 1 aromatic carbocycles. The monoisotopic (exact) mass is 493 g/mol. The zero-order valence-electron chi connectivity index (χ0n) is 15.7. The van der Waals surface area contributed by atoms with Crippen molar-refractivity contribution in [2.75, 3.05) is 33.7 Å². The van der Waals surface area contributed by atoms with Crippen molar-refractivity contribution in [2.45, 2.75) is 43.5 Å². The predicted molar refractivity (Wildman–Crippen MR) is 112 cm³/mol. The third kappa shape index (κ3) is 5.40. The Balaban J connectivity index is 2.04. The van der Waals surface area contributed by atoms with Crippen LogP contribution in [0.2, 0.25) is 0 Å². The number of rotatable bonds is 7. The number of likely N-dealkylation sites (tertiary alicyclic amines) is 1. The van der Waals surface area contributed by atoms with E-state index in [4.69, 9.17) is 0 Å². The first-order valence-corrected chi connectivity index (χ1v) is 11.5. The molecule has 0 bridgehead atoms. The van der Waals surface area contributed by atoms with Crippen molar-refractivity contribution in [1.82, 2.24) is 14.5 Å². The number of piperidine rings is 1. The Morgan fingerprint density at radius 3 is 2.54 bits per heavy atom. The van der Waals surface area contributed by atoms with Gasteiger partial charge in [0, 0.05) is 36.8 Å². The Morgan fingerprint density at radius 2 is 1.96 bits per heavy atom. The lowest BCUT2D eigenvalue weighted by Crippen LogP contribution is -2.45. The van der Waals surface area contributed by atoms with Gasteiger partial charge in [0.15, 0.2) is 0 Å². The lowest BCUT2D eigenvalue weighted by atomic mass is 10.0. The maximum absolute atomic E-state index is 12.7. The van der Waals surface area contributed by atoms with Gasteiger partial charge in [-0.15, -0.1) is 0 Å². The molecule has 2 rings (SSSR count). The average Bonchev–Trinajstić information content (AvgIpc) is 2.61. The molecule has 26 heavy (non-hydrogen) atoms. The number of carbonyl (C=O) groups is 1. The molecule has 0 spiro atoms. The Kier molecular flexibility index (Phi) is 7.87. The number of benzene rings is 1. The van der Waals surface area contributed by atoms with Crippen molar-refractivity contribution in [3.05, 3.63) is 27.3 Å². The molecule has 0 aromatic heterocycles. The smallest absolute Gasteiger partial charge is 0.252 e. The summed E-state index contributed by atoms with van der Waals surface area (Å²) in [5.74, 6) is -0.197. The lowest BCUT2D eigenvalue weighted by Gasteiger charge is -2.32. The molecular formula is C18H28IN3O3S. The van der Waals surface area contributed by atoms with Crippen molar-refractivity contribution >= 4 is 38.5 Å². The highest BCUT2D eigenvalue weighted by Gasteiger charge is 2.24. The minimum atomic E-state index is -3.56. The van der Waals surface area contributed by atoms with E-state index in [9.17, 15) is 13.2 Å². The zero-order chi connectivity index (χ0) is 19.3. The molecule has 1 fully saturated rings. The Bertz CT molecular complexity index is 729. The van der Waals surface area contributed by atoms with E-state index in [0.29, 0.717) is 5.56 Å². The SMILES string of the molecule is CCCCN1CCC(NC(=O)c2cc(S(=O)(=O)N(C)C)ccc2I)CC1. The van der Waals surface area contributed by atoms with E-state index in [2.05, 4.69) is 39.7 Å². The van der Waals surface area contributed by atoms with Crippen LogP contribution in [0, 0.1) is 3.57 Å². The minimum Gasteiger partial charge on any atom is -0.349 e. The summed E-state index contributed by atoms with van der Waals surface area (Å²) >= 11 is 2.07. The fourth-order valence-corrected chi connectivity index (χ4v) is 4.50. The maximum Gasteiger partial charge on any atom is 0.252 e. The highest BCUT2D eigenvalue weighted by molar-refractivity contribution is 14.1. The molecule has 1 saturated heterocycles. The number of halogens is 1. The van der Waals surface area contributed by atoms with Gasteiger partial charge >= 0.3 is 0 Å². The topological polar surface area (TPSA) is 69.7 Å². The van der Waals surface area contributed by atoms with E-state index in [-0.39, 0.29) is 16.8 Å². The van der Waals surface area contributed by atoms with Gasteiger partial charge in [-0.2, -0.15) is 0 Å². The van der Waals surface area contributed by atoms with Crippen LogP contribution in [0.4, 0.5) is 0 Å². The van der Waals surface area contributed by atoms with Crippen molar-refractivity contribution in [3.8, 4) is 0 Å². The highest BCUT2D eigenvalue weighted by Crippen LogP contribution is 2.21. The average molecular weight is 493 g/mol. The standard InChI is InChI=1S/C18H28IN3O3S/c1-4-5-10-22-11-8-14(9-12-22)20-18(23)16-13-15(6-7-17(16)19)26(24,25)21(2)3/h6-7,13-14H,4-5,8-12H2,1-3H3,(H,20,23). The Morgan fingerprint density at radius 1 is 1.31 bits per heavy atom. The van der Waals surface area contributed by atoms with Crippen LogP contribution in [0.1, 0.15) is 43.0 Å². The normalized spacial score (nSPS) is 16.8. The van der Waals surface area contributed by atoms with Crippen LogP contribution >= 0.6 is 22.6 Å². The van der Waals surface area contributed by atoms with Crippen molar-refractivity contribution in [3.63, 3.8) is 0 Å². The molecule has 1 aliphatic heterocycles. The van der Waals surface area contributed by atoms with E-state index in [1.165, 1.54) is 33.0 Å². The van der Waals surface area contributed by atoms with Gasteiger partial charge in [-0.3, -0.25) is 4.79 Å². The molecular weight excluding hydrogens is 465 g/mol. The summed E-state index contributed by atoms with van der Waals surface area (Å²) in [5.41, 5.74) is 0.418. The summed E-state index contributed by atoms with van der Waals surface area (Å²) in [6.45, 7) is 5.31. The Labute approximate surface area is 170 Å². The van der Waals surface area contributed by atoms with Crippen LogP contribution < -0.4 is 5.32 Å². The number of sulfonamides is 1. The molecule has 146 valence electrons. The fraction of sp³-hybridized carbons (Fsp3) is 0.611. The van der Waals surface area contributed by atoms with Crippen molar-refractivity contribution < 1.29 is 13.2 Å². The van der Waals surface area contributed by atoms with Gasteiger partial charge < -0.3 is 10.2 Å². The zero-order valence-corrected chi connectivity index (χ0v) is 18.6. The summed E-state index contributed by atoms with van der Waals surface area (Å²) in [6, 6.07) is 4.84. The third-order valence-corrected chi connectivity index (χ3v) is 7.46. The summed E-state index contributed by atoms with van der Waals surface area (Å²) in [5, 5.41) is 3.08. The largest absolute Gasteiger partial charge is 0.349 e. The van der Waals surface area contributed by atoms with Crippen LogP contribution in [0.25, 0.3) is 0 Å². The first kappa shape index (κ1) is 21.6. The summed E-state index contributed by atoms with van der Waals surface area (Å²) in [7, 11) is -0.585. The number of hydrogen-bond donors (Lipinski definition) is 1. The summed E-state index contributed by atoms with van der Waals surface area (Å²) in [6.07, 6.45) is 4.27. The van der Waals surface area contributed by atoms with Crippen LogP contribution in [-0.4, -0.2) is 63.3 Å². The molecule has 0 radical (unpaired) electrons. The van der Waals surface area contributed by atoms with E-state index >= 15 is 0 Å². The van der Waals surface area contributed by atoms with Gasteiger partial charge in [0.2, 0.25) is 10.0 Å². The second-order valence-corrected chi connectivity index (χ2v) is 10.2. The number of amides is 1. The first-order valence-electron chi connectivity index (χ1n) is 9.01. The molecule has 1 N–H and O–H groups in total. The second-order valence-electron chi connectivity index (χ2n) is 6.87. The minimum absolute atomic E-state index is 0.141. The highest BCUT2D eigenvalue weighted by atomic mass is 127. The molecule has 1 amide bonds. The second kappa shape index (κ2) is 9.48. The predicted octanol–water partition coefficient (Wildman–Crippen LogP) is 2.54. The van der Waals surface area contributed by atoms with E-state index in [1.807, 2.05) is 0 Å². The number of hydrogen-bond acceptors (Lipinski definition) is 4. The molecule has 1 aromatic rings. The van der Waals surface area contributed by atoms with E-state index < -0.39 is 10.0 Å². The van der Waals surface area contributed by atoms with Gasteiger partial charge in [-0.05, 0) is 66.6 Å².